The molecule has 0 fully saturated rings. The van der Waals surface area contributed by atoms with Gasteiger partial charge in [0.2, 0.25) is 6.41 Å². The third-order valence-corrected chi connectivity index (χ3v) is 4.93. The average Bonchev–Trinajstić information content (AvgIpc) is 3.37. The summed E-state index contributed by atoms with van der Waals surface area (Å²) in [6, 6.07) is 12.0. The number of carbonyl (C=O) groups excluding carboxylic acids is 1. The molecule has 0 aliphatic carbocycles. The maximum Gasteiger partial charge on any atom is 0.264 e. The van der Waals surface area contributed by atoms with Gasteiger partial charge in [-0.15, -0.1) is 0 Å². The van der Waals surface area contributed by atoms with Crippen molar-refractivity contribution in [1.82, 2.24) is 25.1 Å². The highest BCUT2D eigenvalue weighted by Crippen LogP contribution is 2.26. The molecule has 4 aromatic rings. The molecule has 1 atom stereocenters. The summed E-state index contributed by atoms with van der Waals surface area (Å²) in [7, 11) is 2.03. The van der Waals surface area contributed by atoms with Gasteiger partial charge in [-0.1, -0.05) is 24.3 Å². The quantitative estimate of drug-likeness (QED) is 0.467. The summed E-state index contributed by atoms with van der Waals surface area (Å²) >= 11 is 0. The van der Waals surface area contributed by atoms with Gasteiger partial charge in [0, 0.05) is 35.5 Å². The number of aromatic amines is 1. The summed E-state index contributed by atoms with van der Waals surface area (Å²) in [6.07, 6.45) is 1.63. The van der Waals surface area contributed by atoms with E-state index in [1.54, 1.807) is 31.3 Å². The fourth-order valence-electron chi connectivity index (χ4n) is 3.18. The van der Waals surface area contributed by atoms with Gasteiger partial charge in [-0.25, -0.2) is 13.8 Å². The Balaban J connectivity index is 0.000000173. The first kappa shape index (κ1) is 21.2. The van der Waals surface area contributed by atoms with Crippen LogP contribution in [0.2, 0.25) is 0 Å². The van der Waals surface area contributed by atoms with Crippen LogP contribution < -0.4 is 5.32 Å². The van der Waals surface area contributed by atoms with Gasteiger partial charge in [-0.05, 0) is 37.6 Å². The van der Waals surface area contributed by atoms with Crippen molar-refractivity contribution in [2.75, 3.05) is 0 Å². The number of aromatic nitrogens is 4. The Morgan fingerprint density at radius 1 is 1.17 bits per heavy atom. The molecule has 156 valence electrons. The number of halogens is 2. The predicted octanol–water partition coefficient (Wildman–Crippen LogP) is 4.70. The number of pyridine rings is 1. The lowest BCUT2D eigenvalue weighted by molar-refractivity contribution is -0.110. The van der Waals surface area contributed by atoms with E-state index in [1.807, 2.05) is 19.3 Å². The average molecular weight is 411 g/mol. The van der Waals surface area contributed by atoms with E-state index in [9.17, 15) is 13.6 Å². The molecule has 30 heavy (non-hydrogen) atoms. The third-order valence-electron chi connectivity index (χ3n) is 4.93. The Morgan fingerprint density at radius 2 is 1.90 bits per heavy atom. The second-order valence-electron chi connectivity index (χ2n) is 6.88. The highest BCUT2D eigenvalue weighted by molar-refractivity contribution is 5.80. The van der Waals surface area contributed by atoms with E-state index in [1.165, 1.54) is 17.1 Å². The summed E-state index contributed by atoms with van der Waals surface area (Å²) in [5.41, 5.74) is 4.61. The van der Waals surface area contributed by atoms with Crippen molar-refractivity contribution < 1.29 is 13.6 Å². The smallest absolute Gasteiger partial charge is 0.264 e. The van der Waals surface area contributed by atoms with Gasteiger partial charge in [0.25, 0.3) is 6.43 Å². The Hall–Kier alpha value is -3.55. The van der Waals surface area contributed by atoms with Crippen LogP contribution in [-0.4, -0.2) is 26.2 Å². The van der Waals surface area contributed by atoms with Crippen molar-refractivity contribution in [2.24, 2.45) is 7.05 Å². The predicted molar refractivity (Wildman–Crippen MR) is 112 cm³/mol. The number of hydrogen-bond donors (Lipinski definition) is 2. The Kier molecular flexibility index (Phi) is 6.56. The van der Waals surface area contributed by atoms with Crippen LogP contribution in [0.25, 0.3) is 22.3 Å². The fourth-order valence-corrected chi connectivity index (χ4v) is 3.18. The van der Waals surface area contributed by atoms with Gasteiger partial charge in [-0.3, -0.25) is 9.89 Å². The van der Waals surface area contributed by atoms with Gasteiger partial charge in [0.1, 0.15) is 5.65 Å². The molecule has 0 aliphatic rings. The van der Waals surface area contributed by atoms with Crippen molar-refractivity contribution in [1.29, 1.82) is 0 Å². The number of aryl methyl sites for hydroxylation is 2. The Labute approximate surface area is 173 Å². The van der Waals surface area contributed by atoms with Gasteiger partial charge < -0.3 is 9.88 Å². The first-order chi connectivity index (χ1) is 14.4. The highest BCUT2D eigenvalue weighted by Gasteiger charge is 2.15. The molecule has 3 heterocycles. The van der Waals surface area contributed by atoms with E-state index in [0.717, 1.165) is 16.9 Å². The SMILES string of the molecule is CC(NC=O)c1ccccc1C(F)F.Cc1cc2ccc(-c3cn[nH]c3)nc2n1C. The molecule has 4 rings (SSSR count). The van der Waals surface area contributed by atoms with Crippen LogP contribution in [0.5, 0.6) is 0 Å². The molecule has 1 aromatic carbocycles. The zero-order chi connectivity index (χ0) is 21.7. The number of benzene rings is 1. The fraction of sp³-hybridized carbons (Fsp3) is 0.227. The zero-order valence-corrected chi connectivity index (χ0v) is 16.9. The number of hydrogen-bond acceptors (Lipinski definition) is 3. The highest BCUT2D eigenvalue weighted by atomic mass is 19.3. The number of fused-ring (bicyclic) bond motifs is 1. The van der Waals surface area contributed by atoms with Gasteiger partial charge in [0.05, 0.1) is 17.9 Å². The second-order valence-corrected chi connectivity index (χ2v) is 6.88. The summed E-state index contributed by atoms with van der Waals surface area (Å²) in [5.74, 6) is 0. The first-order valence-corrected chi connectivity index (χ1v) is 9.41. The van der Waals surface area contributed by atoms with E-state index in [2.05, 4.69) is 44.1 Å². The van der Waals surface area contributed by atoms with Crippen molar-refractivity contribution in [3.63, 3.8) is 0 Å². The molecule has 0 spiro atoms. The number of H-pyrrole nitrogens is 1. The maximum absolute atomic E-state index is 12.5. The second kappa shape index (κ2) is 9.30. The molecule has 2 N–H and O–H groups in total. The Bertz CT molecular complexity index is 1120. The molecule has 3 aromatic heterocycles. The van der Waals surface area contributed by atoms with Crippen LogP contribution in [0.4, 0.5) is 8.78 Å². The number of carbonyl (C=O) groups is 1. The van der Waals surface area contributed by atoms with E-state index < -0.39 is 12.5 Å². The molecule has 1 unspecified atom stereocenters. The van der Waals surface area contributed by atoms with Gasteiger partial charge in [-0.2, -0.15) is 5.10 Å². The molecular weight excluding hydrogens is 388 g/mol. The number of amides is 1. The van der Waals surface area contributed by atoms with Gasteiger partial charge in [0.15, 0.2) is 0 Å². The lowest BCUT2D eigenvalue weighted by Gasteiger charge is -2.14. The van der Waals surface area contributed by atoms with Crippen LogP contribution >= 0.6 is 0 Å². The standard InChI is InChI=1S/C12H12N4.C10H11F2NO/c1-8-5-9-3-4-11(10-6-13-14-7-10)15-12(9)16(8)2;1-7(13-6-14)8-4-2-3-5-9(8)10(11)12/h3-7H,1-2H3,(H,13,14);2-7,10H,1H3,(H,13,14). The molecular formula is C22H23F2N5O. The van der Waals surface area contributed by atoms with E-state index in [-0.39, 0.29) is 5.56 Å². The van der Waals surface area contributed by atoms with Crippen molar-refractivity contribution >= 4 is 17.4 Å². The minimum Gasteiger partial charge on any atom is -0.352 e. The Morgan fingerprint density at radius 3 is 2.53 bits per heavy atom. The summed E-state index contributed by atoms with van der Waals surface area (Å²) < 4.78 is 27.1. The minimum absolute atomic E-state index is 0.0330. The number of alkyl halides is 2. The normalized spacial score (nSPS) is 11.8. The van der Waals surface area contributed by atoms with Crippen LogP contribution in [0.1, 0.15) is 36.2 Å². The first-order valence-electron chi connectivity index (χ1n) is 9.41. The zero-order valence-electron chi connectivity index (χ0n) is 16.9. The van der Waals surface area contributed by atoms with Crippen LogP contribution in [-0.2, 0) is 11.8 Å². The number of nitrogens with zero attached hydrogens (tertiary/aromatic N) is 3. The lowest BCUT2D eigenvalue weighted by atomic mass is 10.0. The van der Waals surface area contributed by atoms with Crippen molar-refractivity contribution in [2.45, 2.75) is 26.3 Å². The minimum atomic E-state index is -2.51. The van der Waals surface area contributed by atoms with E-state index in [4.69, 9.17) is 0 Å². The molecule has 1 amide bonds. The van der Waals surface area contributed by atoms with Crippen molar-refractivity contribution in [3.8, 4) is 11.3 Å². The maximum atomic E-state index is 12.5. The summed E-state index contributed by atoms with van der Waals surface area (Å²) in [4.78, 5) is 14.8. The molecule has 0 radical (unpaired) electrons. The largest absolute Gasteiger partial charge is 0.352 e. The van der Waals surface area contributed by atoms with Crippen molar-refractivity contribution in [3.05, 3.63) is 71.7 Å². The monoisotopic (exact) mass is 411 g/mol. The number of rotatable bonds is 5. The van der Waals surface area contributed by atoms with Crippen LogP contribution in [0.3, 0.4) is 0 Å². The summed E-state index contributed by atoms with van der Waals surface area (Å²) in [5, 5.41) is 10.4. The van der Waals surface area contributed by atoms with E-state index in [0.29, 0.717) is 12.0 Å². The molecule has 0 saturated heterocycles. The molecule has 8 heteroatoms. The molecule has 0 aliphatic heterocycles. The molecule has 0 bridgehead atoms. The van der Waals surface area contributed by atoms with E-state index >= 15 is 0 Å². The summed E-state index contributed by atoms with van der Waals surface area (Å²) in [6.45, 7) is 3.74. The topological polar surface area (TPSA) is 75.6 Å². The molecule has 0 saturated carbocycles. The number of nitrogens with one attached hydrogen (secondary N) is 2. The lowest BCUT2D eigenvalue weighted by Crippen LogP contribution is -2.17. The van der Waals surface area contributed by atoms with Crippen LogP contribution in [0.15, 0.2) is 54.9 Å². The van der Waals surface area contributed by atoms with Crippen LogP contribution in [0, 0.1) is 6.92 Å². The molecule has 6 nitrogen and oxygen atoms in total. The van der Waals surface area contributed by atoms with Gasteiger partial charge >= 0.3 is 0 Å². The third kappa shape index (κ3) is 4.53.